The van der Waals surface area contributed by atoms with E-state index >= 15 is 0 Å². The summed E-state index contributed by atoms with van der Waals surface area (Å²) in [5, 5.41) is 11.2. The standard InChI is InChI=1S/C41H48ClNO8/c1-3-43(4-2)25-15-10-8-6-5-7-9-11-16-26-48-31-21-19-29(20-22-31)36(37(42)30-17-13-12-14-18-30)32-23-24-33-39-38(32)50-35(45)28-41(47,40(46)51-39)27-34(44)49-33/h12-14,17-24,47H,3-11,15-16,25-28H2,1-2H3/b37-36+. The zero-order chi connectivity index (χ0) is 36.2. The molecule has 0 spiro atoms. The van der Waals surface area contributed by atoms with Gasteiger partial charge in [0.1, 0.15) is 5.75 Å². The van der Waals surface area contributed by atoms with Crippen LogP contribution in [0.3, 0.4) is 0 Å². The smallest absolute Gasteiger partial charge is 0.345 e. The van der Waals surface area contributed by atoms with Crippen molar-refractivity contribution in [2.45, 2.75) is 90.1 Å². The van der Waals surface area contributed by atoms with E-state index in [1.165, 1.54) is 57.6 Å². The maximum absolute atomic E-state index is 13.0. The number of halogens is 1. The Morgan fingerprint density at radius 3 is 1.98 bits per heavy atom. The van der Waals surface area contributed by atoms with Crippen LogP contribution in [-0.2, 0) is 14.4 Å². The van der Waals surface area contributed by atoms with E-state index in [1.54, 1.807) is 6.07 Å². The lowest BCUT2D eigenvalue weighted by atomic mass is 9.92. The van der Waals surface area contributed by atoms with Gasteiger partial charge in [0.05, 0.1) is 24.5 Å². The maximum Gasteiger partial charge on any atom is 0.345 e. The molecule has 0 amide bonds. The lowest BCUT2D eigenvalue weighted by Gasteiger charge is -2.30. The number of esters is 3. The van der Waals surface area contributed by atoms with E-state index in [2.05, 4.69) is 18.7 Å². The topological polar surface area (TPSA) is 112 Å². The van der Waals surface area contributed by atoms with Gasteiger partial charge in [0.25, 0.3) is 0 Å². The fourth-order valence-electron chi connectivity index (χ4n) is 6.45. The van der Waals surface area contributed by atoms with Gasteiger partial charge in [-0.1, -0.05) is 113 Å². The van der Waals surface area contributed by atoms with Gasteiger partial charge in [0.2, 0.25) is 5.75 Å². The second kappa shape index (κ2) is 18.4. The summed E-state index contributed by atoms with van der Waals surface area (Å²) in [6, 6.07) is 19.7. The number of rotatable bonds is 18. The van der Waals surface area contributed by atoms with Gasteiger partial charge < -0.3 is 29.0 Å². The number of carbonyl (C=O) groups is 3. The number of fused-ring (bicyclic) bond motifs is 2. The molecule has 272 valence electrons. The van der Waals surface area contributed by atoms with Crippen LogP contribution in [0.4, 0.5) is 0 Å². The molecule has 5 rings (SSSR count). The van der Waals surface area contributed by atoms with Crippen molar-refractivity contribution in [1.82, 2.24) is 4.90 Å². The summed E-state index contributed by atoms with van der Waals surface area (Å²) in [7, 11) is 0. The minimum atomic E-state index is -2.42. The lowest BCUT2D eigenvalue weighted by Crippen LogP contribution is -2.48. The van der Waals surface area contributed by atoms with Gasteiger partial charge in [-0.2, -0.15) is 0 Å². The van der Waals surface area contributed by atoms with Crippen LogP contribution in [0.15, 0.2) is 66.7 Å². The van der Waals surface area contributed by atoms with E-state index in [-0.39, 0.29) is 17.2 Å². The Hall–Kier alpha value is -4.18. The van der Waals surface area contributed by atoms with Crippen molar-refractivity contribution in [3.63, 3.8) is 0 Å². The Morgan fingerprint density at radius 1 is 0.725 bits per heavy atom. The van der Waals surface area contributed by atoms with Gasteiger partial charge >= 0.3 is 17.9 Å². The Labute approximate surface area is 305 Å². The highest BCUT2D eigenvalue weighted by Gasteiger charge is 2.48. The number of hydrogen-bond acceptors (Lipinski definition) is 9. The zero-order valence-corrected chi connectivity index (χ0v) is 30.3. The van der Waals surface area contributed by atoms with Gasteiger partial charge in [-0.25, -0.2) is 4.79 Å². The third-order valence-corrected chi connectivity index (χ3v) is 9.81. The molecule has 0 aliphatic carbocycles. The van der Waals surface area contributed by atoms with Crippen molar-refractivity contribution >= 4 is 40.1 Å². The van der Waals surface area contributed by atoms with E-state index in [4.69, 9.17) is 30.5 Å². The van der Waals surface area contributed by atoms with Crippen LogP contribution < -0.4 is 18.9 Å². The summed E-state index contributed by atoms with van der Waals surface area (Å²) in [6.07, 6.45) is 9.53. The van der Waals surface area contributed by atoms with Crippen molar-refractivity contribution in [2.24, 2.45) is 0 Å². The van der Waals surface area contributed by atoms with Crippen molar-refractivity contribution in [1.29, 1.82) is 0 Å². The Balaban J connectivity index is 1.25. The number of benzene rings is 3. The lowest BCUT2D eigenvalue weighted by molar-refractivity contribution is -0.170. The molecule has 0 radical (unpaired) electrons. The summed E-state index contributed by atoms with van der Waals surface area (Å²) in [5.74, 6) is -2.80. The molecule has 2 heterocycles. The molecule has 1 atom stereocenters. The first kappa shape index (κ1) is 38.1. The van der Waals surface area contributed by atoms with Gasteiger partial charge in [-0.05, 0) is 67.9 Å². The van der Waals surface area contributed by atoms with Crippen LogP contribution in [0.2, 0.25) is 0 Å². The van der Waals surface area contributed by atoms with E-state index in [1.807, 2.05) is 54.6 Å². The molecule has 9 nitrogen and oxygen atoms in total. The third kappa shape index (κ3) is 10.00. The third-order valence-electron chi connectivity index (χ3n) is 9.40. The molecule has 0 fully saturated rings. The van der Waals surface area contributed by atoms with E-state index in [9.17, 15) is 19.5 Å². The van der Waals surface area contributed by atoms with Gasteiger partial charge in [0, 0.05) is 11.1 Å². The second-order valence-corrected chi connectivity index (χ2v) is 13.5. The molecule has 10 heteroatoms. The molecule has 51 heavy (non-hydrogen) atoms. The number of unbranched alkanes of at least 4 members (excludes halogenated alkanes) is 8. The first-order chi connectivity index (χ1) is 24.7. The molecule has 0 saturated heterocycles. The van der Waals surface area contributed by atoms with Crippen molar-refractivity contribution in [3.05, 3.63) is 83.4 Å². The number of ether oxygens (including phenoxy) is 4. The molecular weight excluding hydrogens is 670 g/mol. The molecule has 1 unspecified atom stereocenters. The predicted molar refractivity (Wildman–Crippen MR) is 197 cm³/mol. The molecule has 2 aliphatic rings. The van der Waals surface area contributed by atoms with Crippen LogP contribution in [0.1, 0.15) is 101 Å². The molecule has 1 N–H and O–H groups in total. The summed E-state index contributed by atoms with van der Waals surface area (Å²) in [4.78, 5) is 41.1. The maximum atomic E-state index is 13.0. The highest BCUT2D eigenvalue weighted by molar-refractivity contribution is 6.53. The van der Waals surface area contributed by atoms with Crippen LogP contribution in [-0.4, -0.2) is 59.8 Å². The Morgan fingerprint density at radius 2 is 1.33 bits per heavy atom. The normalized spacial score (nSPS) is 17.5. The zero-order valence-electron chi connectivity index (χ0n) is 29.6. The Kier molecular flexibility index (Phi) is 13.7. The summed E-state index contributed by atoms with van der Waals surface area (Å²) >= 11 is 7.10. The highest BCUT2D eigenvalue weighted by Crippen LogP contribution is 2.49. The number of aliphatic hydroxyl groups is 1. The van der Waals surface area contributed by atoms with Crippen molar-refractivity contribution in [3.8, 4) is 23.0 Å². The number of carbonyl (C=O) groups excluding carboxylic acids is 3. The number of hydrogen-bond donors (Lipinski definition) is 1. The fraction of sp³-hybridized carbons (Fsp3) is 0.439. The van der Waals surface area contributed by atoms with Crippen LogP contribution >= 0.6 is 11.6 Å². The van der Waals surface area contributed by atoms with E-state index in [0.717, 1.165) is 25.9 Å². The van der Waals surface area contributed by atoms with Gasteiger partial charge in [-0.15, -0.1) is 0 Å². The van der Waals surface area contributed by atoms with Gasteiger partial charge in [-0.3, -0.25) is 9.59 Å². The quantitative estimate of drug-likeness (QED) is 0.0601. The summed E-state index contributed by atoms with van der Waals surface area (Å²) < 4.78 is 22.7. The monoisotopic (exact) mass is 717 g/mol. The molecule has 2 aliphatic heterocycles. The molecular formula is C41H48ClNO8. The van der Waals surface area contributed by atoms with Crippen LogP contribution in [0.25, 0.3) is 10.6 Å². The van der Waals surface area contributed by atoms with E-state index < -0.39 is 36.4 Å². The average Bonchev–Trinajstić information content (AvgIpc) is 3.12. The van der Waals surface area contributed by atoms with Gasteiger partial charge in [0.15, 0.2) is 17.1 Å². The SMILES string of the molecule is CCN(CC)CCCCCCCCCCCOc1ccc(/C(=C(\Cl)c2ccccc2)c2ccc3c4c2OC(=O)CC(O)(CC(=O)O3)C(=O)O4)cc1. The molecule has 3 aromatic carbocycles. The summed E-state index contributed by atoms with van der Waals surface area (Å²) in [6.45, 7) is 8.56. The minimum Gasteiger partial charge on any atom is -0.494 e. The predicted octanol–water partition coefficient (Wildman–Crippen LogP) is 8.33. The number of nitrogens with zero attached hydrogens (tertiary/aromatic N) is 1. The largest absolute Gasteiger partial charge is 0.494 e. The molecule has 3 aromatic rings. The highest BCUT2D eigenvalue weighted by atomic mass is 35.5. The minimum absolute atomic E-state index is 0.121. The first-order valence-electron chi connectivity index (χ1n) is 18.2. The first-order valence-corrected chi connectivity index (χ1v) is 18.5. The molecule has 0 aromatic heterocycles. The fourth-order valence-corrected chi connectivity index (χ4v) is 6.79. The second-order valence-electron chi connectivity index (χ2n) is 13.1. The molecule has 2 bridgehead atoms. The average molecular weight is 718 g/mol. The van der Waals surface area contributed by atoms with Crippen LogP contribution in [0, 0.1) is 0 Å². The molecule has 0 saturated carbocycles. The van der Waals surface area contributed by atoms with Crippen LogP contribution in [0.5, 0.6) is 23.0 Å². The van der Waals surface area contributed by atoms with Crippen molar-refractivity contribution < 1.29 is 38.4 Å². The summed E-state index contributed by atoms with van der Waals surface area (Å²) in [5.41, 5.74) is -0.258. The van der Waals surface area contributed by atoms with Crippen molar-refractivity contribution in [2.75, 3.05) is 26.2 Å². The van der Waals surface area contributed by atoms with E-state index in [0.29, 0.717) is 39.7 Å². The Bertz CT molecular complexity index is 1690.